The van der Waals surface area contributed by atoms with Crippen LogP contribution < -0.4 is 19.1 Å². The Labute approximate surface area is 198 Å². The first-order valence-corrected chi connectivity index (χ1v) is 12.3. The molecule has 174 valence electrons. The van der Waals surface area contributed by atoms with Crippen LogP contribution in [0.25, 0.3) is 0 Å². The molecule has 0 heterocycles. The van der Waals surface area contributed by atoms with Crippen molar-refractivity contribution in [1.29, 1.82) is 0 Å². The molecule has 9 heteroatoms. The number of para-hydroxylation sites is 3. The zero-order chi connectivity index (χ0) is 24.2. The molecule has 0 radical (unpaired) electrons. The van der Waals surface area contributed by atoms with Crippen molar-refractivity contribution in [1.82, 2.24) is 0 Å². The topological polar surface area (TPSA) is 84.9 Å². The number of sulfonamides is 1. The maximum absolute atomic E-state index is 13.0. The van der Waals surface area contributed by atoms with Gasteiger partial charge in [-0.2, -0.15) is 0 Å². The number of ether oxygens (including phenoxy) is 2. The lowest BCUT2D eigenvalue weighted by atomic mass is 10.1. The Balaban J connectivity index is 1.90. The van der Waals surface area contributed by atoms with Crippen LogP contribution in [0.4, 0.5) is 11.4 Å². The number of carbonyl (C=O) groups is 1. The summed E-state index contributed by atoms with van der Waals surface area (Å²) in [5.74, 6) is 0.750. The molecule has 7 nitrogen and oxygen atoms in total. The van der Waals surface area contributed by atoms with Crippen molar-refractivity contribution in [2.24, 2.45) is 0 Å². The molecule has 0 aromatic heterocycles. The second-order valence-electron chi connectivity index (χ2n) is 7.45. The average molecular weight is 489 g/mol. The Bertz CT molecular complexity index is 1260. The number of benzene rings is 3. The Morgan fingerprint density at radius 2 is 1.61 bits per heavy atom. The SMILES string of the molecule is COc1ccccc1Oc1ccc(Cl)cc1NC(=O)CN(c1c(C)cccc1C)S(C)(=O)=O. The first-order chi connectivity index (χ1) is 15.6. The van der Waals surface area contributed by atoms with Crippen LogP contribution in [0, 0.1) is 13.8 Å². The van der Waals surface area contributed by atoms with Crippen molar-refractivity contribution >= 4 is 38.9 Å². The van der Waals surface area contributed by atoms with Crippen LogP contribution in [0.5, 0.6) is 17.2 Å². The van der Waals surface area contributed by atoms with E-state index >= 15 is 0 Å². The third-order valence-corrected chi connectivity index (χ3v) is 6.23. The number of hydrogen-bond donors (Lipinski definition) is 1. The highest BCUT2D eigenvalue weighted by Crippen LogP contribution is 2.36. The van der Waals surface area contributed by atoms with E-state index in [0.29, 0.717) is 33.6 Å². The van der Waals surface area contributed by atoms with Crippen LogP contribution in [0.2, 0.25) is 5.02 Å². The van der Waals surface area contributed by atoms with Crippen molar-refractivity contribution in [3.8, 4) is 17.2 Å². The van der Waals surface area contributed by atoms with Gasteiger partial charge in [0, 0.05) is 5.02 Å². The quantitative estimate of drug-likeness (QED) is 0.473. The van der Waals surface area contributed by atoms with E-state index in [1.54, 1.807) is 56.3 Å². The summed E-state index contributed by atoms with van der Waals surface area (Å²) in [6.07, 6.45) is 1.07. The molecule has 0 spiro atoms. The number of aryl methyl sites for hydroxylation is 2. The van der Waals surface area contributed by atoms with Gasteiger partial charge in [-0.15, -0.1) is 0 Å². The number of halogens is 1. The minimum absolute atomic E-state index is 0.299. The molecule has 0 unspecified atom stereocenters. The fourth-order valence-corrected chi connectivity index (χ4v) is 4.54. The van der Waals surface area contributed by atoms with Gasteiger partial charge in [-0.3, -0.25) is 9.10 Å². The van der Waals surface area contributed by atoms with Crippen LogP contribution in [-0.2, 0) is 14.8 Å². The molecular formula is C24H25ClN2O5S. The maximum Gasteiger partial charge on any atom is 0.245 e. The zero-order valence-corrected chi connectivity index (χ0v) is 20.3. The molecule has 3 aromatic rings. The summed E-state index contributed by atoms with van der Waals surface area (Å²) < 4.78 is 37.4. The molecule has 3 aromatic carbocycles. The van der Waals surface area contributed by atoms with Crippen LogP contribution >= 0.6 is 11.6 Å². The van der Waals surface area contributed by atoms with E-state index in [-0.39, 0.29) is 0 Å². The maximum atomic E-state index is 13.0. The zero-order valence-electron chi connectivity index (χ0n) is 18.8. The number of anilines is 2. The minimum atomic E-state index is -3.73. The molecule has 1 N–H and O–H groups in total. The van der Waals surface area contributed by atoms with E-state index in [2.05, 4.69) is 5.32 Å². The van der Waals surface area contributed by atoms with E-state index in [9.17, 15) is 13.2 Å². The van der Waals surface area contributed by atoms with Gasteiger partial charge in [0.15, 0.2) is 17.2 Å². The van der Waals surface area contributed by atoms with E-state index in [1.165, 1.54) is 13.2 Å². The molecule has 0 fully saturated rings. The lowest BCUT2D eigenvalue weighted by molar-refractivity contribution is -0.114. The third-order valence-electron chi connectivity index (χ3n) is 4.88. The molecule has 0 saturated carbocycles. The first-order valence-electron chi connectivity index (χ1n) is 10.0. The first kappa shape index (κ1) is 24.4. The predicted molar refractivity (Wildman–Crippen MR) is 131 cm³/mol. The molecule has 0 aliphatic heterocycles. The lowest BCUT2D eigenvalue weighted by Crippen LogP contribution is -2.38. The van der Waals surface area contributed by atoms with Crippen LogP contribution in [-0.4, -0.2) is 34.2 Å². The third kappa shape index (κ3) is 5.97. The smallest absolute Gasteiger partial charge is 0.245 e. The molecule has 0 bridgehead atoms. The largest absolute Gasteiger partial charge is 0.493 e. The molecule has 1 amide bonds. The second kappa shape index (κ2) is 10.1. The fraction of sp³-hybridized carbons (Fsp3) is 0.208. The normalized spacial score (nSPS) is 11.1. The molecular weight excluding hydrogens is 464 g/mol. The summed E-state index contributed by atoms with van der Waals surface area (Å²) in [5, 5.41) is 3.11. The van der Waals surface area contributed by atoms with Gasteiger partial charge in [-0.1, -0.05) is 41.9 Å². The molecule has 3 rings (SSSR count). The van der Waals surface area contributed by atoms with Gasteiger partial charge in [0.2, 0.25) is 15.9 Å². The summed E-state index contributed by atoms with van der Waals surface area (Å²) in [4.78, 5) is 13.0. The highest BCUT2D eigenvalue weighted by molar-refractivity contribution is 7.92. The van der Waals surface area contributed by atoms with Gasteiger partial charge in [0.1, 0.15) is 6.54 Å². The lowest BCUT2D eigenvalue weighted by Gasteiger charge is -2.25. The van der Waals surface area contributed by atoms with Crippen molar-refractivity contribution < 1.29 is 22.7 Å². The summed E-state index contributed by atoms with van der Waals surface area (Å²) in [5.41, 5.74) is 2.27. The monoisotopic (exact) mass is 488 g/mol. The van der Waals surface area contributed by atoms with E-state index in [4.69, 9.17) is 21.1 Å². The number of hydrogen-bond acceptors (Lipinski definition) is 5. The van der Waals surface area contributed by atoms with Gasteiger partial charge in [0.25, 0.3) is 0 Å². The van der Waals surface area contributed by atoms with Gasteiger partial charge < -0.3 is 14.8 Å². The Kier molecular flexibility index (Phi) is 7.50. The summed E-state index contributed by atoms with van der Waals surface area (Å²) in [7, 11) is -2.20. The van der Waals surface area contributed by atoms with Gasteiger partial charge in [-0.25, -0.2) is 8.42 Å². The molecule has 0 aliphatic rings. The molecule has 0 aliphatic carbocycles. The average Bonchev–Trinajstić information content (AvgIpc) is 2.74. The van der Waals surface area contributed by atoms with Crippen LogP contribution in [0.3, 0.4) is 0 Å². The van der Waals surface area contributed by atoms with Gasteiger partial charge in [-0.05, 0) is 55.3 Å². The Morgan fingerprint density at radius 3 is 2.21 bits per heavy atom. The van der Waals surface area contributed by atoms with E-state index < -0.39 is 22.5 Å². The summed E-state index contributed by atoms with van der Waals surface area (Å²) in [6.45, 7) is 3.19. The summed E-state index contributed by atoms with van der Waals surface area (Å²) in [6, 6.07) is 17.3. The Hall–Kier alpha value is -3.23. The standard InChI is InChI=1S/C24H25ClN2O5S/c1-16-8-7-9-17(2)24(16)27(33(4,29)30)15-23(28)26-19-14-18(25)12-13-20(19)32-22-11-6-5-10-21(22)31-3/h5-14H,15H2,1-4H3,(H,26,28). The molecule has 33 heavy (non-hydrogen) atoms. The highest BCUT2D eigenvalue weighted by Gasteiger charge is 2.24. The van der Waals surface area contributed by atoms with Crippen LogP contribution in [0.1, 0.15) is 11.1 Å². The number of methoxy groups -OCH3 is 1. The fourth-order valence-electron chi connectivity index (χ4n) is 3.39. The minimum Gasteiger partial charge on any atom is -0.493 e. The van der Waals surface area contributed by atoms with E-state index in [0.717, 1.165) is 21.7 Å². The number of rotatable bonds is 8. The number of amides is 1. The number of carbonyl (C=O) groups excluding carboxylic acids is 1. The second-order valence-corrected chi connectivity index (χ2v) is 9.79. The van der Waals surface area contributed by atoms with Crippen molar-refractivity contribution in [3.05, 3.63) is 76.8 Å². The predicted octanol–water partition coefficient (Wildman–Crippen LogP) is 5.16. The highest BCUT2D eigenvalue weighted by atomic mass is 35.5. The molecule has 0 atom stereocenters. The van der Waals surface area contributed by atoms with Gasteiger partial charge in [0.05, 0.1) is 24.7 Å². The Morgan fingerprint density at radius 1 is 0.970 bits per heavy atom. The van der Waals surface area contributed by atoms with Crippen molar-refractivity contribution in [2.45, 2.75) is 13.8 Å². The van der Waals surface area contributed by atoms with Gasteiger partial charge >= 0.3 is 0 Å². The van der Waals surface area contributed by atoms with Crippen LogP contribution in [0.15, 0.2) is 60.7 Å². The number of nitrogens with one attached hydrogen (secondary N) is 1. The van der Waals surface area contributed by atoms with E-state index in [1.807, 2.05) is 12.1 Å². The summed E-state index contributed by atoms with van der Waals surface area (Å²) >= 11 is 6.14. The van der Waals surface area contributed by atoms with Crippen molar-refractivity contribution in [3.63, 3.8) is 0 Å². The molecule has 0 saturated heterocycles. The number of nitrogens with zero attached hydrogens (tertiary/aromatic N) is 1. The van der Waals surface area contributed by atoms with Crippen molar-refractivity contribution in [2.75, 3.05) is 29.5 Å².